The molecule has 100 valence electrons. The average Bonchev–Trinajstić information content (AvgIpc) is 2.36. The average molecular weight is 266 g/mol. The van der Waals surface area contributed by atoms with Crippen molar-refractivity contribution >= 4 is 0 Å². The Kier molecular flexibility index (Phi) is 4.16. The van der Waals surface area contributed by atoms with Crippen molar-refractivity contribution in [3.05, 3.63) is 65.2 Å². The summed E-state index contributed by atoms with van der Waals surface area (Å²) in [6.07, 6.45) is 1.08. The highest BCUT2D eigenvalue weighted by molar-refractivity contribution is 5.29. The minimum absolute atomic E-state index is 0.415. The van der Waals surface area contributed by atoms with E-state index >= 15 is 0 Å². The Morgan fingerprint density at radius 1 is 1.05 bits per heavy atom. The molecule has 0 saturated heterocycles. The SMILES string of the molecule is CCNC(c1cc(F)cc(F)c1)c1ccc(F)cn1. The Morgan fingerprint density at radius 2 is 1.74 bits per heavy atom. The molecule has 5 heteroatoms. The van der Waals surface area contributed by atoms with Crippen molar-refractivity contribution in [3.63, 3.8) is 0 Å². The van der Waals surface area contributed by atoms with Crippen LogP contribution in [-0.2, 0) is 0 Å². The summed E-state index contributed by atoms with van der Waals surface area (Å²) in [5.74, 6) is -1.76. The van der Waals surface area contributed by atoms with Gasteiger partial charge in [0, 0.05) is 6.07 Å². The van der Waals surface area contributed by atoms with Gasteiger partial charge >= 0.3 is 0 Å². The second-order valence-electron chi connectivity index (χ2n) is 4.09. The summed E-state index contributed by atoms with van der Waals surface area (Å²) >= 11 is 0. The number of benzene rings is 1. The van der Waals surface area contributed by atoms with Gasteiger partial charge in [-0.2, -0.15) is 0 Å². The molecule has 1 aromatic carbocycles. The molecule has 0 saturated carbocycles. The summed E-state index contributed by atoms with van der Waals surface area (Å²) in [7, 11) is 0. The van der Waals surface area contributed by atoms with Gasteiger partial charge in [-0.3, -0.25) is 4.98 Å². The van der Waals surface area contributed by atoms with E-state index in [9.17, 15) is 13.2 Å². The van der Waals surface area contributed by atoms with Gasteiger partial charge in [0.2, 0.25) is 0 Å². The van der Waals surface area contributed by atoms with Crippen LogP contribution >= 0.6 is 0 Å². The fourth-order valence-corrected chi connectivity index (χ4v) is 1.90. The quantitative estimate of drug-likeness (QED) is 0.919. The molecule has 0 fully saturated rings. The monoisotopic (exact) mass is 266 g/mol. The van der Waals surface area contributed by atoms with Gasteiger partial charge in [0.15, 0.2) is 0 Å². The van der Waals surface area contributed by atoms with Gasteiger partial charge in [0.25, 0.3) is 0 Å². The molecule has 0 aliphatic carbocycles. The van der Waals surface area contributed by atoms with E-state index in [2.05, 4.69) is 10.3 Å². The lowest BCUT2D eigenvalue weighted by atomic mass is 10.0. The first-order valence-electron chi connectivity index (χ1n) is 5.91. The molecule has 1 aromatic heterocycles. The summed E-state index contributed by atoms with van der Waals surface area (Å²) in [5.41, 5.74) is 0.923. The minimum Gasteiger partial charge on any atom is -0.305 e. The van der Waals surface area contributed by atoms with E-state index in [1.165, 1.54) is 24.3 Å². The second kappa shape index (κ2) is 5.84. The maximum atomic E-state index is 13.3. The highest BCUT2D eigenvalue weighted by Gasteiger charge is 2.16. The van der Waals surface area contributed by atoms with Crippen LogP contribution in [0.25, 0.3) is 0 Å². The third kappa shape index (κ3) is 3.32. The zero-order valence-electron chi connectivity index (χ0n) is 10.3. The first-order chi connectivity index (χ1) is 9.10. The third-order valence-corrected chi connectivity index (χ3v) is 2.67. The van der Waals surface area contributed by atoms with Crippen LogP contribution in [0, 0.1) is 17.5 Å². The van der Waals surface area contributed by atoms with Gasteiger partial charge in [0.05, 0.1) is 17.9 Å². The Morgan fingerprint density at radius 3 is 2.26 bits per heavy atom. The molecule has 0 radical (unpaired) electrons. The van der Waals surface area contributed by atoms with E-state index in [0.29, 0.717) is 17.8 Å². The van der Waals surface area contributed by atoms with E-state index in [1.807, 2.05) is 6.92 Å². The fourth-order valence-electron chi connectivity index (χ4n) is 1.90. The third-order valence-electron chi connectivity index (χ3n) is 2.67. The smallest absolute Gasteiger partial charge is 0.141 e. The lowest BCUT2D eigenvalue weighted by Gasteiger charge is -2.18. The van der Waals surface area contributed by atoms with E-state index in [4.69, 9.17) is 0 Å². The summed E-state index contributed by atoms with van der Waals surface area (Å²) < 4.78 is 39.4. The van der Waals surface area contributed by atoms with Crippen LogP contribution in [-0.4, -0.2) is 11.5 Å². The first kappa shape index (κ1) is 13.5. The number of aromatic nitrogens is 1. The molecule has 0 aliphatic heterocycles. The maximum absolute atomic E-state index is 13.3. The molecular formula is C14H13F3N2. The summed E-state index contributed by atoms with van der Waals surface area (Å²) in [6.45, 7) is 2.45. The van der Waals surface area contributed by atoms with Gasteiger partial charge in [-0.1, -0.05) is 6.92 Å². The van der Waals surface area contributed by atoms with Crippen molar-refractivity contribution in [3.8, 4) is 0 Å². The molecule has 1 unspecified atom stereocenters. The molecule has 0 amide bonds. The van der Waals surface area contributed by atoms with Crippen LogP contribution in [0.15, 0.2) is 36.5 Å². The lowest BCUT2D eigenvalue weighted by molar-refractivity contribution is 0.559. The predicted octanol–water partition coefficient (Wildman–Crippen LogP) is 3.20. The number of rotatable bonds is 4. The Hall–Kier alpha value is -1.88. The molecular weight excluding hydrogens is 253 g/mol. The van der Waals surface area contributed by atoms with Crippen molar-refractivity contribution < 1.29 is 13.2 Å². The van der Waals surface area contributed by atoms with Crippen LogP contribution in [0.2, 0.25) is 0 Å². The molecule has 2 nitrogen and oxygen atoms in total. The Labute approximate surface area is 109 Å². The van der Waals surface area contributed by atoms with Crippen molar-refractivity contribution in [2.24, 2.45) is 0 Å². The molecule has 1 heterocycles. The molecule has 0 aliphatic rings. The van der Waals surface area contributed by atoms with Crippen LogP contribution in [0.5, 0.6) is 0 Å². The van der Waals surface area contributed by atoms with E-state index < -0.39 is 23.5 Å². The number of halogens is 3. The molecule has 0 bridgehead atoms. The molecule has 19 heavy (non-hydrogen) atoms. The fraction of sp³-hybridized carbons (Fsp3) is 0.214. The molecule has 2 aromatic rings. The predicted molar refractivity (Wildman–Crippen MR) is 66.1 cm³/mol. The number of pyridine rings is 1. The molecule has 1 atom stereocenters. The van der Waals surface area contributed by atoms with Gasteiger partial charge in [-0.15, -0.1) is 0 Å². The van der Waals surface area contributed by atoms with Crippen LogP contribution in [0.3, 0.4) is 0 Å². The summed E-state index contributed by atoms with van der Waals surface area (Å²) in [6, 6.07) is 5.57. The minimum atomic E-state index is -0.653. The van der Waals surface area contributed by atoms with Gasteiger partial charge in [0.1, 0.15) is 17.5 Å². The van der Waals surface area contributed by atoms with E-state index in [0.717, 1.165) is 12.3 Å². The molecule has 0 spiro atoms. The zero-order valence-corrected chi connectivity index (χ0v) is 10.3. The highest BCUT2D eigenvalue weighted by Crippen LogP contribution is 2.22. The lowest BCUT2D eigenvalue weighted by Crippen LogP contribution is -2.23. The zero-order chi connectivity index (χ0) is 13.8. The Balaban J connectivity index is 2.41. The van der Waals surface area contributed by atoms with Gasteiger partial charge in [-0.25, -0.2) is 13.2 Å². The van der Waals surface area contributed by atoms with Crippen molar-refractivity contribution in [1.82, 2.24) is 10.3 Å². The number of nitrogens with zero attached hydrogens (tertiary/aromatic N) is 1. The maximum Gasteiger partial charge on any atom is 0.141 e. The number of nitrogens with one attached hydrogen (secondary N) is 1. The highest BCUT2D eigenvalue weighted by atomic mass is 19.1. The van der Waals surface area contributed by atoms with E-state index in [1.54, 1.807) is 0 Å². The number of hydrogen-bond acceptors (Lipinski definition) is 2. The van der Waals surface area contributed by atoms with E-state index in [-0.39, 0.29) is 0 Å². The molecule has 2 rings (SSSR count). The topological polar surface area (TPSA) is 24.9 Å². The first-order valence-corrected chi connectivity index (χ1v) is 5.91. The van der Waals surface area contributed by atoms with Crippen molar-refractivity contribution in [2.45, 2.75) is 13.0 Å². The summed E-state index contributed by atoms with van der Waals surface area (Å²) in [5, 5.41) is 3.07. The number of hydrogen-bond donors (Lipinski definition) is 1. The Bertz CT molecular complexity index is 535. The summed E-state index contributed by atoms with van der Waals surface area (Å²) in [4.78, 5) is 3.95. The van der Waals surface area contributed by atoms with Crippen LogP contribution in [0.4, 0.5) is 13.2 Å². The standard InChI is InChI=1S/C14H13F3N2/c1-2-18-14(13-4-3-10(15)8-19-13)9-5-11(16)7-12(17)6-9/h3-8,14,18H,2H2,1H3. The van der Waals surface area contributed by atoms with Gasteiger partial charge in [-0.05, 0) is 36.4 Å². The largest absolute Gasteiger partial charge is 0.305 e. The van der Waals surface area contributed by atoms with Crippen molar-refractivity contribution in [1.29, 1.82) is 0 Å². The van der Waals surface area contributed by atoms with Crippen LogP contribution in [0.1, 0.15) is 24.2 Å². The normalized spacial score (nSPS) is 12.4. The van der Waals surface area contributed by atoms with Crippen LogP contribution < -0.4 is 5.32 Å². The van der Waals surface area contributed by atoms with Crippen molar-refractivity contribution in [2.75, 3.05) is 6.54 Å². The molecule has 1 N–H and O–H groups in total. The second-order valence-corrected chi connectivity index (χ2v) is 4.09. The van der Waals surface area contributed by atoms with Gasteiger partial charge < -0.3 is 5.32 Å².